The van der Waals surface area contributed by atoms with Gasteiger partial charge < -0.3 is 10.4 Å². The summed E-state index contributed by atoms with van der Waals surface area (Å²) >= 11 is 6.11. The van der Waals surface area contributed by atoms with Crippen LogP contribution in [0.25, 0.3) is 16.7 Å². The third-order valence-electron chi connectivity index (χ3n) is 3.82. The van der Waals surface area contributed by atoms with Gasteiger partial charge >= 0.3 is 0 Å². The van der Waals surface area contributed by atoms with E-state index >= 15 is 0 Å². The van der Waals surface area contributed by atoms with Gasteiger partial charge in [-0.1, -0.05) is 24.6 Å². The van der Waals surface area contributed by atoms with E-state index in [1.54, 1.807) is 10.9 Å². The van der Waals surface area contributed by atoms with E-state index < -0.39 is 0 Å². The predicted octanol–water partition coefficient (Wildman–Crippen LogP) is 2.96. The monoisotopic (exact) mass is 331 g/mol. The van der Waals surface area contributed by atoms with Gasteiger partial charge in [0.15, 0.2) is 5.65 Å². The lowest BCUT2D eigenvalue weighted by molar-refractivity contribution is 0.271. The molecular formula is C16H18ClN5O. The fourth-order valence-electron chi connectivity index (χ4n) is 2.42. The van der Waals surface area contributed by atoms with Gasteiger partial charge in [-0.15, -0.1) is 0 Å². The summed E-state index contributed by atoms with van der Waals surface area (Å²) in [6.45, 7) is 4.05. The number of aliphatic hydroxyl groups excluding tert-OH is 1. The van der Waals surface area contributed by atoms with E-state index in [1.807, 2.05) is 32.0 Å². The largest absolute Gasteiger partial charge is 0.394 e. The first-order valence-corrected chi connectivity index (χ1v) is 7.84. The molecule has 0 aliphatic carbocycles. The molecule has 2 heterocycles. The molecule has 3 rings (SSSR count). The van der Waals surface area contributed by atoms with Gasteiger partial charge in [0.05, 0.1) is 29.9 Å². The molecule has 1 aromatic carbocycles. The Morgan fingerprint density at radius 3 is 2.91 bits per heavy atom. The van der Waals surface area contributed by atoms with Crippen molar-refractivity contribution in [2.75, 3.05) is 11.9 Å². The second-order valence-corrected chi connectivity index (χ2v) is 5.82. The van der Waals surface area contributed by atoms with Crippen molar-refractivity contribution in [1.82, 2.24) is 19.7 Å². The lowest BCUT2D eigenvalue weighted by Gasteiger charge is -2.15. The molecule has 120 valence electrons. The van der Waals surface area contributed by atoms with Crippen LogP contribution in [0.1, 0.15) is 18.9 Å². The molecule has 23 heavy (non-hydrogen) atoms. The van der Waals surface area contributed by atoms with Crippen molar-refractivity contribution in [3.8, 4) is 5.69 Å². The van der Waals surface area contributed by atoms with E-state index in [9.17, 15) is 5.11 Å². The topological polar surface area (TPSA) is 75.9 Å². The highest BCUT2D eigenvalue weighted by Gasteiger charge is 2.14. The Balaban J connectivity index is 2.10. The lowest BCUT2D eigenvalue weighted by Crippen LogP contribution is -2.23. The van der Waals surface area contributed by atoms with Crippen LogP contribution >= 0.6 is 11.6 Å². The number of nitrogens with one attached hydrogen (secondary N) is 1. The molecule has 2 aromatic heterocycles. The Bertz CT molecular complexity index is 828. The average Bonchev–Trinajstić information content (AvgIpc) is 2.99. The van der Waals surface area contributed by atoms with Crippen LogP contribution in [-0.2, 0) is 0 Å². The van der Waals surface area contributed by atoms with Crippen LogP contribution in [0.3, 0.4) is 0 Å². The molecule has 0 aliphatic heterocycles. The molecule has 0 aliphatic rings. The van der Waals surface area contributed by atoms with Gasteiger partial charge in [-0.3, -0.25) is 0 Å². The van der Waals surface area contributed by atoms with Crippen LogP contribution in [0.15, 0.2) is 30.7 Å². The van der Waals surface area contributed by atoms with E-state index in [2.05, 4.69) is 20.4 Å². The van der Waals surface area contributed by atoms with Crippen molar-refractivity contribution in [2.24, 2.45) is 0 Å². The average molecular weight is 332 g/mol. The number of aromatic nitrogens is 4. The van der Waals surface area contributed by atoms with Gasteiger partial charge in [0.25, 0.3) is 0 Å². The van der Waals surface area contributed by atoms with Gasteiger partial charge in [-0.2, -0.15) is 5.10 Å². The predicted molar refractivity (Wildman–Crippen MR) is 91.2 cm³/mol. The van der Waals surface area contributed by atoms with Crippen LogP contribution in [0, 0.1) is 6.92 Å². The third kappa shape index (κ3) is 3.00. The van der Waals surface area contributed by atoms with E-state index in [0.717, 1.165) is 23.1 Å². The number of halogens is 1. The normalized spacial score (nSPS) is 12.5. The molecule has 0 bridgehead atoms. The van der Waals surface area contributed by atoms with Gasteiger partial charge in [0.2, 0.25) is 0 Å². The summed E-state index contributed by atoms with van der Waals surface area (Å²) in [5.41, 5.74) is 2.63. The molecule has 0 saturated carbocycles. The zero-order valence-corrected chi connectivity index (χ0v) is 13.7. The molecule has 0 saturated heterocycles. The van der Waals surface area contributed by atoms with Crippen molar-refractivity contribution in [3.05, 3.63) is 41.3 Å². The lowest BCUT2D eigenvalue weighted by atomic mass is 10.2. The van der Waals surface area contributed by atoms with E-state index in [4.69, 9.17) is 11.6 Å². The highest BCUT2D eigenvalue weighted by Crippen LogP contribution is 2.25. The first-order chi connectivity index (χ1) is 11.1. The number of rotatable bonds is 5. The minimum absolute atomic E-state index is 0.0452. The zero-order chi connectivity index (χ0) is 16.4. The highest BCUT2D eigenvalue weighted by atomic mass is 35.5. The van der Waals surface area contributed by atoms with Crippen molar-refractivity contribution < 1.29 is 5.11 Å². The molecule has 6 nitrogen and oxygen atoms in total. The zero-order valence-electron chi connectivity index (χ0n) is 13.0. The smallest absolute Gasteiger partial charge is 0.168 e. The number of hydrogen-bond acceptors (Lipinski definition) is 5. The van der Waals surface area contributed by atoms with Gasteiger partial charge in [-0.25, -0.2) is 14.6 Å². The molecule has 2 N–H and O–H groups in total. The Kier molecular flexibility index (Phi) is 4.45. The Morgan fingerprint density at radius 1 is 1.35 bits per heavy atom. The fourth-order valence-corrected chi connectivity index (χ4v) is 2.58. The standard InChI is InChI=1S/C16H18ClN5O/c1-3-12(8-23)21-15-13-7-20-22(16(13)19-9-18-15)14-6-11(17)5-4-10(14)2/h4-7,9,12,23H,3,8H2,1-2H3,(H,18,19,21)/t12-/m0/s1. The molecule has 0 fully saturated rings. The number of benzene rings is 1. The number of aliphatic hydroxyl groups is 1. The Hall–Kier alpha value is -2.18. The van der Waals surface area contributed by atoms with Crippen molar-refractivity contribution in [3.63, 3.8) is 0 Å². The molecule has 3 aromatic rings. The molecular weight excluding hydrogens is 314 g/mol. The number of anilines is 1. The van der Waals surface area contributed by atoms with Crippen LogP contribution in [0.2, 0.25) is 5.02 Å². The van der Waals surface area contributed by atoms with Gasteiger partial charge in [0, 0.05) is 5.02 Å². The van der Waals surface area contributed by atoms with E-state index in [0.29, 0.717) is 16.5 Å². The quantitative estimate of drug-likeness (QED) is 0.751. The number of fused-ring (bicyclic) bond motifs is 1. The van der Waals surface area contributed by atoms with Crippen LogP contribution in [0.4, 0.5) is 5.82 Å². The summed E-state index contributed by atoms with van der Waals surface area (Å²) in [6, 6.07) is 5.61. The van der Waals surface area contributed by atoms with Crippen molar-refractivity contribution in [1.29, 1.82) is 0 Å². The van der Waals surface area contributed by atoms with Crippen LogP contribution in [-0.4, -0.2) is 37.5 Å². The molecule has 7 heteroatoms. The van der Waals surface area contributed by atoms with Crippen LogP contribution < -0.4 is 5.32 Å². The SMILES string of the molecule is CC[C@@H](CO)Nc1ncnc2c1cnn2-c1cc(Cl)ccc1C. The minimum atomic E-state index is -0.0515. The Morgan fingerprint density at radius 2 is 2.17 bits per heavy atom. The summed E-state index contributed by atoms with van der Waals surface area (Å²) in [4.78, 5) is 8.63. The minimum Gasteiger partial charge on any atom is -0.394 e. The molecule has 0 radical (unpaired) electrons. The maximum atomic E-state index is 9.37. The van der Waals surface area contributed by atoms with Crippen molar-refractivity contribution in [2.45, 2.75) is 26.3 Å². The highest BCUT2D eigenvalue weighted by molar-refractivity contribution is 6.30. The van der Waals surface area contributed by atoms with Crippen LogP contribution in [0.5, 0.6) is 0 Å². The van der Waals surface area contributed by atoms with Crippen molar-refractivity contribution >= 4 is 28.5 Å². The fraction of sp³-hybridized carbons (Fsp3) is 0.312. The van der Waals surface area contributed by atoms with E-state index in [1.165, 1.54) is 6.33 Å². The molecule has 0 spiro atoms. The van der Waals surface area contributed by atoms with Gasteiger partial charge in [-0.05, 0) is 31.0 Å². The Labute approximate surface area is 139 Å². The summed E-state index contributed by atoms with van der Waals surface area (Å²) in [6.07, 6.45) is 4.01. The summed E-state index contributed by atoms with van der Waals surface area (Å²) < 4.78 is 1.75. The second-order valence-electron chi connectivity index (χ2n) is 5.38. The maximum Gasteiger partial charge on any atom is 0.168 e. The molecule has 1 atom stereocenters. The second kappa shape index (κ2) is 6.52. The maximum absolute atomic E-state index is 9.37. The summed E-state index contributed by atoms with van der Waals surface area (Å²) in [7, 11) is 0. The molecule has 0 unspecified atom stereocenters. The summed E-state index contributed by atoms with van der Waals surface area (Å²) in [5, 5.41) is 18.5. The number of hydrogen-bond donors (Lipinski definition) is 2. The summed E-state index contributed by atoms with van der Waals surface area (Å²) in [5.74, 6) is 0.668. The van der Waals surface area contributed by atoms with Gasteiger partial charge in [0.1, 0.15) is 12.1 Å². The third-order valence-corrected chi connectivity index (χ3v) is 4.05. The first kappa shape index (κ1) is 15.7. The number of nitrogens with zero attached hydrogens (tertiary/aromatic N) is 4. The van der Waals surface area contributed by atoms with E-state index in [-0.39, 0.29) is 12.6 Å². The molecule has 0 amide bonds. The first-order valence-electron chi connectivity index (χ1n) is 7.46. The number of aryl methyl sites for hydroxylation is 1.